The molecule has 1 aromatic rings. The molecule has 4 nitrogen and oxygen atoms in total. The lowest BCUT2D eigenvalue weighted by Gasteiger charge is -2.33. The second-order valence-electron chi connectivity index (χ2n) is 6.66. The van der Waals surface area contributed by atoms with Crippen molar-refractivity contribution in [3.63, 3.8) is 0 Å². The van der Waals surface area contributed by atoms with Gasteiger partial charge in [-0.25, -0.2) is 0 Å². The third kappa shape index (κ3) is 5.16. The van der Waals surface area contributed by atoms with E-state index in [0.29, 0.717) is 18.4 Å². The summed E-state index contributed by atoms with van der Waals surface area (Å²) in [5.41, 5.74) is 1.23. The summed E-state index contributed by atoms with van der Waals surface area (Å²) in [5, 5.41) is 3.33. The Morgan fingerprint density at radius 3 is 2.46 bits per heavy atom. The Bertz CT molecular complexity index is 558. The summed E-state index contributed by atoms with van der Waals surface area (Å²) in [6.07, 6.45) is 6.65. The lowest BCUT2D eigenvalue weighted by Crippen LogP contribution is -2.49. The van der Waals surface area contributed by atoms with E-state index < -0.39 is 0 Å². The molecule has 0 bridgehead atoms. The van der Waals surface area contributed by atoms with Crippen LogP contribution in [0.4, 0.5) is 0 Å². The normalized spacial score (nSPS) is 20.6. The van der Waals surface area contributed by atoms with Crippen molar-refractivity contribution in [1.29, 1.82) is 0 Å². The Balaban J connectivity index is 1.43. The summed E-state index contributed by atoms with van der Waals surface area (Å²) < 4.78 is 1.11. The number of hydrogen-bond acceptors (Lipinski definition) is 3. The van der Waals surface area contributed by atoms with Gasteiger partial charge >= 0.3 is 0 Å². The molecular weight excluding hydrogens is 366 g/mol. The Morgan fingerprint density at radius 2 is 1.79 bits per heavy atom. The van der Waals surface area contributed by atoms with Crippen molar-refractivity contribution >= 4 is 27.9 Å². The molecule has 130 valence electrons. The Hall–Kier alpha value is -1.17. The molecule has 2 aliphatic heterocycles. The number of nitrogens with zero attached hydrogens (tertiary/aromatic N) is 2. The summed E-state index contributed by atoms with van der Waals surface area (Å²) >= 11 is 3.46. The van der Waals surface area contributed by atoms with Crippen LogP contribution in [0.3, 0.4) is 0 Å². The highest BCUT2D eigenvalue weighted by atomic mass is 79.9. The van der Waals surface area contributed by atoms with Gasteiger partial charge in [0, 0.05) is 43.7 Å². The van der Waals surface area contributed by atoms with Gasteiger partial charge in [-0.05, 0) is 36.5 Å². The molecule has 0 radical (unpaired) electrons. The van der Waals surface area contributed by atoms with E-state index in [1.807, 2.05) is 4.90 Å². The highest BCUT2D eigenvalue weighted by Gasteiger charge is 2.23. The molecule has 0 saturated carbocycles. The van der Waals surface area contributed by atoms with E-state index in [0.717, 1.165) is 56.6 Å². The van der Waals surface area contributed by atoms with E-state index in [1.165, 1.54) is 5.56 Å². The zero-order valence-corrected chi connectivity index (χ0v) is 15.7. The number of rotatable bonds is 4. The van der Waals surface area contributed by atoms with Crippen LogP contribution in [-0.4, -0.2) is 61.5 Å². The molecule has 0 aromatic heterocycles. The first-order chi connectivity index (χ1) is 11.7. The van der Waals surface area contributed by atoms with Gasteiger partial charge in [0.05, 0.1) is 6.54 Å². The Morgan fingerprint density at radius 1 is 1.12 bits per heavy atom. The van der Waals surface area contributed by atoms with Gasteiger partial charge < -0.3 is 10.2 Å². The molecule has 5 heteroatoms. The van der Waals surface area contributed by atoms with Crippen molar-refractivity contribution in [2.75, 3.05) is 45.8 Å². The standard InChI is InChI=1S/C19H26BrN3O/c20-18-5-3-16(4-6-18)1-2-17-7-11-23(12-8-17)19(24)15-22-13-9-21-10-14-22/h1-6,17,21H,7-15H2/b2-1+. The molecule has 2 fully saturated rings. The molecule has 1 amide bonds. The van der Waals surface area contributed by atoms with Gasteiger partial charge in [-0.2, -0.15) is 0 Å². The topological polar surface area (TPSA) is 35.6 Å². The van der Waals surface area contributed by atoms with Crippen molar-refractivity contribution in [1.82, 2.24) is 15.1 Å². The average molecular weight is 392 g/mol. The number of piperazine rings is 1. The molecule has 24 heavy (non-hydrogen) atoms. The number of nitrogens with one attached hydrogen (secondary N) is 1. The SMILES string of the molecule is O=C(CN1CCNCC1)N1CCC(/C=C/c2ccc(Br)cc2)CC1. The van der Waals surface area contributed by atoms with E-state index in [2.05, 4.69) is 62.6 Å². The average Bonchev–Trinajstić information content (AvgIpc) is 2.62. The lowest BCUT2D eigenvalue weighted by atomic mass is 9.95. The Kier molecular flexibility index (Phi) is 6.46. The van der Waals surface area contributed by atoms with Crippen LogP contribution < -0.4 is 5.32 Å². The van der Waals surface area contributed by atoms with Crippen LogP contribution in [0.25, 0.3) is 6.08 Å². The monoisotopic (exact) mass is 391 g/mol. The molecule has 2 aliphatic rings. The van der Waals surface area contributed by atoms with Crippen LogP contribution in [0.1, 0.15) is 18.4 Å². The minimum Gasteiger partial charge on any atom is -0.342 e. The zero-order valence-electron chi connectivity index (χ0n) is 14.1. The molecule has 1 aromatic carbocycles. The van der Waals surface area contributed by atoms with Gasteiger partial charge in [0.15, 0.2) is 0 Å². The van der Waals surface area contributed by atoms with Gasteiger partial charge in [0.25, 0.3) is 0 Å². The minimum atomic E-state index is 0.298. The van der Waals surface area contributed by atoms with E-state index in [-0.39, 0.29) is 0 Å². The molecule has 0 atom stereocenters. The smallest absolute Gasteiger partial charge is 0.236 e. The summed E-state index contributed by atoms with van der Waals surface area (Å²) in [6, 6.07) is 8.37. The number of piperidine rings is 1. The van der Waals surface area contributed by atoms with Gasteiger partial charge in [-0.15, -0.1) is 0 Å². The number of halogens is 1. The highest BCUT2D eigenvalue weighted by Crippen LogP contribution is 2.20. The first-order valence-corrected chi connectivity index (χ1v) is 9.64. The predicted molar refractivity (Wildman–Crippen MR) is 102 cm³/mol. The van der Waals surface area contributed by atoms with Crippen molar-refractivity contribution in [3.8, 4) is 0 Å². The van der Waals surface area contributed by atoms with Crippen LogP contribution in [0.15, 0.2) is 34.8 Å². The third-order valence-electron chi connectivity index (χ3n) is 4.89. The molecule has 0 aliphatic carbocycles. The predicted octanol–water partition coefficient (Wildman–Crippen LogP) is 2.61. The number of benzene rings is 1. The quantitative estimate of drug-likeness (QED) is 0.856. The Labute approximate surface area is 153 Å². The molecular formula is C19H26BrN3O. The number of carbonyl (C=O) groups excluding carboxylic acids is 1. The number of allylic oxidation sites excluding steroid dienone is 1. The fourth-order valence-corrected chi connectivity index (χ4v) is 3.59. The van der Waals surface area contributed by atoms with Crippen molar-refractivity contribution in [2.24, 2.45) is 5.92 Å². The first kappa shape index (κ1) is 17.6. The van der Waals surface area contributed by atoms with E-state index >= 15 is 0 Å². The number of likely N-dealkylation sites (tertiary alicyclic amines) is 1. The molecule has 3 rings (SSSR count). The first-order valence-electron chi connectivity index (χ1n) is 8.85. The van der Waals surface area contributed by atoms with Crippen molar-refractivity contribution in [2.45, 2.75) is 12.8 Å². The minimum absolute atomic E-state index is 0.298. The molecule has 2 heterocycles. The van der Waals surface area contributed by atoms with Crippen molar-refractivity contribution < 1.29 is 4.79 Å². The number of carbonyl (C=O) groups is 1. The van der Waals surface area contributed by atoms with Gasteiger partial charge in [-0.3, -0.25) is 9.69 Å². The number of hydrogen-bond donors (Lipinski definition) is 1. The van der Waals surface area contributed by atoms with E-state index in [4.69, 9.17) is 0 Å². The summed E-state index contributed by atoms with van der Waals surface area (Å²) in [4.78, 5) is 16.7. The van der Waals surface area contributed by atoms with Crippen LogP contribution >= 0.6 is 15.9 Å². The number of amides is 1. The van der Waals surface area contributed by atoms with Gasteiger partial charge in [-0.1, -0.05) is 40.2 Å². The molecule has 2 saturated heterocycles. The van der Waals surface area contributed by atoms with Crippen LogP contribution in [0.5, 0.6) is 0 Å². The second-order valence-corrected chi connectivity index (χ2v) is 7.57. The maximum absolute atomic E-state index is 12.4. The van der Waals surface area contributed by atoms with Crippen molar-refractivity contribution in [3.05, 3.63) is 40.4 Å². The fourth-order valence-electron chi connectivity index (χ4n) is 3.32. The van der Waals surface area contributed by atoms with E-state index in [1.54, 1.807) is 0 Å². The summed E-state index contributed by atoms with van der Waals surface area (Å²) in [6.45, 7) is 6.32. The fraction of sp³-hybridized carbons (Fsp3) is 0.526. The zero-order chi connectivity index (χ0) is 16.8. The molecule has 0 unspecified atom stereocenters. The second kappa shape index (κ2) is 8.79. The maximum atomic E-state index is 12.4. The molecule has 0 spiro atoms. The van der Waals surface area contributed by atoms with E-state index in [9.17, 15) is 4.79 Å². The van der Waals surface area contributed by atoms with Crippen LogP contribution in [0, 0.1) is 5.92 Å². The lowest BCUT2D eigenvalue weighted by molar-refractivity contribution is -0.133. The van der Waals surface area contributed by atoms with Crippen LogP contribution in [0.2, 0.25) is 0 Å². The third-order valence-corrected chi connectivity index (χ3v) is 5.42. The molecule has 1 N–H and O–H groups in total. The van der Waals surface area contributed by atoms with Gasteiger partial charge in [0.2, 0.25) is 5.91 Å². The largest absolute Gasteiger partial charge is 0.342 e. The highest BCUT2D eigenvalue weighted by molar-refractivity contribution is 9.10. The summed E-state index contributed by atoms with van der Waals surface area (Å²) in [7, 11) is 0. The maximum Gasteiger partial charge on any atom is 0.236 e. The van der Waals surface area contributed by atoms with Crippen LogP contribution in [-0.2, 0) is 4.79 Å². The summed E-state index contributed by atoms with van der Waals surface area (Å²) in [5.74, 6) is 0.879. The van der Waals surface area contributed by atoms with Gasteiger partial charge in [0.1, 0.15) is 0 Å².